The molecule has 1 fully saturated rings. The van der Waals surface area contributed by atoms with Gasteiger partial charge in [0, 0.05) is 26.7 Å². The van der Waals surface area contributed by atoms with Crippen molar-refractivity contribution in [3.8, 4) is 5.75 Å². The molecule has 0 radical (unpaired) electrons. The van der Waals surface area contributed by atoms with E-state index in [1.54, 1.807) is 12.1 Å². The molecule has 0 amide bonds. The first kappa shape index (κ1) is 19.6. The first-order valence-electron chi connectivity index (χ1n) is 9.38. The van der Waals surface area contributed by atoms with Gasteiger partial charge in [0.1, 0.15) is 18.8 Å². The van der Waals surface area contributed by atoms with Gasteiger partial charge in [0.15, 0.2) is 0 Å². The number of carboxylic acids is 1. The van der Waals surface area contributed by atoms with E-state index in [0.29, 0.717) is 11.7 Å². The van der Waals surface area contributed by atoms with Crippen molar-refractivity contribution < 1.29 is 29.4 Å². The van der Waals surface area contributed by atoms with Crippen LogP contribution in [0.3, 0.4) is 0 Å². The van der Waals surface area contributed by atoms with E-state index in [1.165, 1.54) is 25.1 Å². The number of amidine groups is 1. The molecular formula is C20H28N2O5. The zero-order valence-corrected chi connectivity index (χ0v) is 16.1. The molecular weight excluding hydrogens is 348 g/mol. The van der Waals surface area contributed by atoms with Crippen molar-refractivity contribution in [2.24, 2.45) is 5.92 Å². The lowest BCUT2D eigenvalue weighted by Crippen LogP contribution is -2.58. The van der Waals surface area contributed by atoms with E-state index in [2.05, 4.69) is 9.48 Å². The fraction of sp³-hybridized carbons (Fsp3) is 0.600. The molecule has 3 aliphatic rings. The first-order valence-corrected chi connectivity index (χ1v) is 9.38. The van der Waals surface area contributed by atoms with Crippen molar-refractivity contribution in [2.75, 3.05) is 20.2 Å². The second-order valence-corrected chi connectivity index (χ2v) is 7.89. The van der Waals surface area contributed by atoms with Gasteiger partial charge in [0.2, 0.25) is 11.4 Å². The van der Waals surface area contributed by atoms with Crippen LogP contribution in [-0.4, -0.2) is 63.1 Å². The number of aliphatic hydroxyl groups is 2. The number of piperidine rings is 1. The van der Waals surface area contributed by atoms with Gasteiger partial charge in [-0.05, 0) is 42.7 Å². The Bertz CT molecular complexity index is 739. The van der Waals surface area contributed by atoms with Crippen molar-refractivity contribution in [3.05, 3.63) is 29.8 Å². The van der Waals surface area contributed by atoms with Crippen LogP contribution in [0.1, 0.15) is 49.9 Å². The summed E-state index contributed by atoms with van der Waals surface area (Å²) in [5, 5.41) is 31.0. The van der Waals surface area contributed by atoms with Gasteiger partial charge in [-0.3, -0.25) is 0 Å². The van der Waals surface area contributed by atoms with Crippen molar-refractivity contribution in [1.29, 1.82) is 0 Å². The molecule has 1 saturated heterocycles. The monoisotopic (exact) mass is 376 g/mol. The fourth-order valence-electron chi connectivity index (χ4n) is 4.29. The fourth-order valence-corrected chi connectivity index (χ4v) is 4.29. The maximum absolute atomic E-state index is 10.4. The number of rotatable bonds is 2. The molecule has 0 bridgehead atoms. The SMILES string of the molecule is COc1ccc(C(=O)[O-])cc1.C[C@]1(O)CC[C@H]2CC[C@@](C)(O)N3CC[N+]1=C23. The maximum atomic E-state index is 10.4. The van der Waals surface area contributed by atoms with E-state index in [-0.39, 0.29) is 5.56 Å². The Kier molecular flexibility index (Phi) is 5.18. The molecule has 27 heavy (non-hydrogen) atoms. The Balaban J connectivity index is 0.000000168. The Labute approximate surface area is 159 Å². The summed E-state index contributed by atoms with van der Waals surface area (Å²) >= 11 is 0. The number of benzene rings is 1. The van der Waals surface area contributed by atoms with Crippen LogP contribution in [0.5, 0.6) is 5.75 Å². The summed E-state index contributed by atoms with van der Waals surface area (Å²) in [5.74, 6) is 1.19. The molecule has 0 aliphatic carbocycles. The highest BCUT2D eigenvalue weighted by molar-refractivity contribution is 5.85. The minimum atomic E-state index is -1.17. The number of hydrogen-bond donors (Lipinski definition) is 2. The topological polar surface area (TPSA) is 96.1 Å². The molecule has 4 rings (SSSR count). The number of nitrogens with zero attached hydrogens (tertiary/aromatic N) is 2. The van der Waals surface area contributed by atoms with E-state index < -0.39 is 17.4 Å². The Hall–Kier alpha value is -2.12. The van der Waals surface area contributed by atoms with Crippen LogP contribution in [-0.2, 0) is 0 Å². The molecule has 148 valence electrons. The quantitative estimate of drug-likeness (QED) is 0.725. The van der Waals surface area contributed by atoms with Crippen LogP contribution in [0.2, 0.25) is 0 Å². The smallest absolute Gasteiger partial charge is 0.254 e. The third-order valence-corrected chi connectivity index (χ3v) is 5.89. The van der Waals surface area contributed by atoms with E-state index in [4.69, 9.17) is 4.74 Å². The Morgan fingerprint density at radius 1 is 1.22 bits per heavy atom. The summed E-state index contributed by atoms with van der Waals surface area (Å²) in [4.78, 5) is 12.4. The van der Waals surface area contributed by atoms with Gasteiger partial charge < -0.3 is 24.9 Å². The first-order chi connectivity index (χ1) is 12.7. The number of carbonyl (C=O) groups excluding carboxylic acids is 1. The van der Waals surface area contributed by atoms with Crippen molar-refractivity contribution in [1.82, 2.24) is 4.90 Å². The van der Waals surface area contributed by atoms with Crippen LogP contribution < -0.4 is 9.84 Å². The van der Waals surface area contributed by atoms with Gasteiger partial charge in [-0.1, -0.05) is 0 Å². The second-order valence-electron chi connectivity index (χ2n) is 7.89. The molecule has 3 atom stereocenters. The molecule has 3 aliphatic heterocycles. The average Bonchev–Trinajstić information content (AvgIpc) is 3.09. The minimum Gasteiger partial charge on any atom is -0.545 e. The standard InChI is InChI=1S/C12H21N2O2.C8H8O3/c1-11(15)5-3-9-4-6-12(2,16)14-8-7-13(11)10(9)14;1-11-7-4-2-6(3-5-7)8(9)10/h9,15-16H,3-8H2,1-2H3;2-5H,1H3,(H,9,10)/q+1;/p-1/t9-,11-,12+;. The zero-order valence-electron chi connectivity index (χ0n) is 16.1. The molecule has 7 nitrogen and oxygen atoms in total. The molecule has 0 unspecified atom stereocenters. The summed E-state index contributed by atoms with van der Waals surface area (Å²) in [6.45, 7) is 5.47. The number of aromatic carboxylic acids is 1. The normalized spacial score (nSPS) is 31.7. The molecule has 7 heteroatoms. The van der Waals surface area contributed by atoms with E-state index >= 15 is 0 Å². The molecule has 0 spiro atoms. The van der Waals surface area contributed by atoms with Crippen molar-refractivity contribution >= 4 is 11.8 Å². The van der Waals surface area contributed by atoms with Crippen LogP contribution >= 0.6 is 0 Å². The number of carbonyl (C=O) groups is 1. The van der Waals surface area contributed by atoms with Gasteiger partial charge in [0.05, 0.1) is 19.0 Å². The van der Waals surface area contributed by atoms with E-state index in [9.17, 15) is 20.1 Å². The van der Waals surface area contributed by atoms with Crippen LogP contribution in [0.15, 0.2) is 24.3 Å². The molecule has 3 heterocycles. The van der Waals surface area contributed by atoms with E-state index in [0.717, 1.165) is 38.8 Å². The third kappa shape index (κ3) is 3.80. The minimum absolute atomic E-state index is 0.158. The van der Waals surface area contributed by atoms with Gasteiger partial charge in [-0.15, -0.1) is 0 Å². The lowest BCUT2D eigenvalue weighted by Gasteiger charge is -2.41. The number of carboxylic acid groups (broad SMARTS) is 1. The summed E-state index contributed by atoms with van der Waals surface area (Å²) in [5.41, 5.74) is -1.27. The largest absolute Gasteiger partial charge is 0.545 e. The van der Waals surface area contributed by atoms with E-state index in [1.807, 2.05) is 13.8 Å². The van der Waals surface area contributed by atoms with Gasteiger partial charge in [0.25, 0.3) is 5.84 Å². The number of ether oxygens (including phenoxy) is 1. The Morgan fingerprint density at radius 2 is 1.85 bits per heavy atom. The summed E-state index contributed by atoms with van der Waals surface area (Å²) in [6.07, 6.45) is 3.78. The highest BCUT2D eigenvalue weighted by atomic mass is 16.5. The lowest BCUT2D eigenvalue weighted by atomic mass is 9.83. The predicted octanol–water partition coefficient (Wildman–Crippen LogP) is 0.393. The number of methoxy groups -OCH3 is 1. The molecule has 0 aromatic heterocycles. The molecule has 1 aromatic rings. The highest BCUT2D eigenvalue weighted by Crippen LogP contribution is 2.40. The lowest BCUT2D eigenvalue weighted by molar-refractivity contribution is -0.654. The molecule has 1 aromatic carbocycles. The number of hydrogen-bond acceptors (Lipinski definition) is 6. The van der Waals surface area contributed by atoms with Crippen LogP contribution in [0.25, 0.3) is 0 Å². The van der Waals surface area contributed by atoms with Gasteiger partial charge >= 0.3 is 0 Å². The van der Waals surface area contributed by atoms with Gasteiger partial charge in [-0.25, -0.2) is 9.48 Å². The molecule has 2 N–H and O–H groups in total. The second kappa shape index (κ2) is 7.13. The predicted molar refractivity (Wildman–Crippen MR) is 97.4 cm³/mol. The van der Waals surface area contributed by atoms with Crippen molar-refractivity contribution in [2.45, 2.75) is 51.0 Å². The van der Waals surface area contributed by atoms with Crippen LogP contribution in [0.4, 0.5) is 0 Å². The highest BCUT2D eigenvalue weighted by Gasteiger charge is 2.55. The summed E-state index contributed by atoms with van der Waals surface area (Å²) < 4.78 is 6.94. The average molecular weight is 376 g/mol. The van der Waals surface area contributed by atoms with Crippen molar-refractivity contribution in [3.63, 3.8) is 0 Å². The van der Waals surface area contributed by atoms with Crippen LogP contribution in [0, 0.1) is 5.92 Å². The van der Waals surface area contributed by atoms with Gasteiger partial charge in [-0.2, -0.15) is 0 Å². The third-order valence-electron chi connectivity index (χ3n) is 5.89. The summed E-state index contributed by atoms with van der Waals surface area (Å²) in [6, 6.07) is 6.03. The maximum Gasteiger partial charge on any atom is 0.254 e. The zero-order chi connectivity index (χ0) is 19.8. The summed E-state index contributed by atoms with van der Waals surface area (Å²) in [7, 11) is 1.52. The molecule has 0 saturated carbocycles. The Morgan fingerprint density at radius 3 is 2.44 bits per heavy atom.